The smallest absolute Gasteiger partial charge is 0.0666 e. The molecule has 0 amide bonds. The highest BCUT2D eigenvalue weighted by molar-refractivity contribution is 6.49. The minimum atomic E-state index is 0.766. The van der Waals surface area contributed by atoms with E-state index in [4.69, 9.17) is 0 Å². The van der Waals surface area contributed by atoms with E-state index in [1.807, 2.05) is 0 Å². The van der Waals surface area contributed by atoms with Crippen molar-refractivity contribution in [1.82, 2.24) is 0 Å². The Balaban J connectivity index is 2.06. The van der Waals surface area contributed by atoms with Gasteiger partial charge in [-0.2, -0.15) is 0 Å². The normalized spacial score (nSPS) is 47.6. The molecule has 2 saturated heterocycles. The fourth-order valence-electron chi connectivity index (χ4n) is 3.90. The second-order valence-electron chi connectivity index (χ2n) is 5.69. The molecule has 0 spiro atoms. The van der Waals surface area contributed by atoms with E-state index >= 15 is 0 Å². The Kier molecular flexibility index (Phi) is 1.82. The molecule has 3 aliphatic rings. The molecule has 0 radical (unpaired) electrons. The summed E-state index contributed by atoms with van der Waals surface area (Å²) in [7, 11) is 1.54. The van der Waals surface area contributed by atoms with Crippen molar-refractivity contribution in [3.8, 4) is 0 Å². The summed E-state index contributed by atoms with van der Waals surface area (Å²) in [6.45, 7) is 7.31. The summed E-state index contributed by atoms with van der Waals surface area (Å²) in [5, 5.41) is 1.56. The van der Waals surface area contributed by atoms with Crippen LogP contribution in [-0.4, -0.2) is 7.28 Å². The first-order valence-corrected chi connectivity index (χ1v) is 5.60. The minimum absolute atomic E-state index is 0.766. The second-order valence-corrected chi connectivity index (χ2v) is 5.69. The van der Waals surface area contributed by atoms with Crippen LogP contribution < -0.4 is 0 Å². The summed E-state index contributed by atoms with van der Waals surface area (Å²) < 4.78 is 0. The molecule has 1 aliphatic carbocycles. The van der Waals surface area contributed by atoms with Gasteiger partial charge in [-0.25, -0.2) is 0 Å². The van der Waals surface area contributed by atoms with Gasteiger partial charge in [-0.05, 0) is 5.92 Å². The summed E-state index contributed by atoms with van der Waals surface area (Å²) >= 11 is 0. The molecule has 0 aromatic heterocycles. The third-order valence-corrected chi connectivity index (χ3v) is 4.67. The largest absolute Gasteiger partial charge is 0.135 e. The van der Waals surface area contributed by atoms with E-state index < -0.39 is 0 Å². The number of rotatable bonds is 2. The lowest BCUT2D eigenvalue weighted by molar-refractivity contribution is 0.177. The van der Waals surface area contributed by atoms with Crippen LogP contribution in [0.3, 0.4) is 0 Å². The fraction of sp³-hybridized carbons (Fsp3) is 1.00. The van der Waals surface area contributed by atoms with Gasteiger partial charge in [0.1, 0.15) is 7.28 Å². The van der Waals surface area contributed by atoms with Gasteiger partial charge in [0.2, 0.25) is 0 Å². The lowest BCUT2D eigenvalue weighted by Crippen LogP contribution is -2.50. The molecule has 12 heavy (non-hydrogen) atoms. The van der Waals surface area contributed by atoms with Crippen molar-refractivity contribution in [2.24, 2.45) is 5.92 Å². The maximum absolute atomic E-state index is 2.49. The van der Waals surface area contributed by atoms with Crippen molar-refractivity contribution in [2.45, 2.75) is 63.5 Å². The third kappa shape index (κ3) is 1.05. The van der Waals surface area contributed by atoms with Crippen LogP contribution >= 0.6 is 0 Å². The van der Waals surface area contributed by atoms with Gasteiger partial charge in [-0.15, -0.1) is 0 Å². The SMILES string of the molecule is CCC(C)C12BC(C)(CCC1)C2. The second kappa shape index (κ2) is 2.53. The molecule has 3 atom stereocenters. The molecule has 0 aromatic rings. The van der Waals surface area contributed by atoms with Crippen LogP contribution in [0.2, 0.25) is 10.6 Å². The Labute approximate surface area is 77.4 Å². The quantitative estimate of drug-likeness (QED) is 0.548. The third-order valence-electron chi connectivity index (χ3n) is 4.67. The highest BCUT2D eigenvalue weighted by Crippen LogP contribution is 2.70. The molecule has 2 bridgehead atoms. The molecule has 3 rings (SSSR count). The predicted octanol–water partition coefficient (Wildman–Crippen LogP) is 3.39. The van der Waals surface area contributed by atoms with Crippen molar-refractivity contribution in [2.75, 3.05) is 0 Å². The summed E-state index contributed by atoms with van der Waals surface area (Å²) in [4.78, 5) is 0. The van der Waals surface area contributed by atoms with Crippen LogP contribution in [0.15, 0.2) is 0 Å². The van der Waals surface area contributed by atoms with E-state index in [-0.39, 0.29) is 0 Å². The van der Waals surface area contributed by atoms with Crippen LogP contribution in [0.1, 0.15) is 52.9 Å². The van der Waals surface area contributed by atoms with Gasteiger partial charge in [0.25, 0.3) is 0 Å². The van der Waals surface area contributed by atoms with Crippen LogP contribution in [0.4, 0.5) is 0 Å². The monoisotopic (exact) mass is 164 g/mol. The molecular weight excluding hydrogens is 143 g/mol. The molecule has 0 aromatic carbocycles. The van der Waals surface area contributed by atoms with E-state index in [0.717, 1.165) is 16.5 Å². The van der Waals surface area contributed by atoms with Gasteiger partial charge in [-0.1, -0.05) is 63.5 Å². The predicted molar refractivity (Wildman–Crippen MR) is 56.1 cm³/mol. The van der Waals surface area contributed by atoms with Gasteiger partial charge >= 0.3 is 0 Å². The molecule has 0 nitrogen and oxygen atoms in total. The van der Waals surface area contributed by atoms with Crippen molar-refractivity contribution in [3.05, 3.63) is 0 Å². The standard InChI is InChI=1S/C11H21B/c1-4-9(2)11-7-5-6-10(3,8-11)12-11/h9,12H,4-8H2,1-3H3. The first-order valence-electron chi connectivity index (χ1n) is 5.60. The lowest BCUT2D eigenvalue weighted by Gasteiger charge is -2.61. The summed E-state index contributed by atoms with van der Waals surface area (Å²) in [5.74, 6) is 0.978. The van der Waals surface area contributed by atoms with Crippen LogP contribution in [-0.2, 0) is 0 Å². The van der Waals surface area contributed by atoms with E-state index in [0.29, 0.717) is 0 Å². The zero-order chi connectivity index (χ0) is 8.82. The molecule has 3 fully saturated rings. The molecule has 68 valence electrons. The summed E-state index contributed by atoms with van der Waals surface area (Å²) in [6, 6.07) is 0. The van der Waals surface area contributed by atoms with Crippen molar-refractivity contribution >= 4 is 7.28 Å². The summed E-state index contributed by atoms with van der Waals surface area (Å²) in [5.41, 5.74) is 0. The van der Waals surface area contributed by atoms with Gasteiger partial charge < -0.3 is 0 Å². The molecule has 3 unspecified atom stereocenters. The van der Waals surface area contributed by atoms with Gasteiger partial charge in [0.15, 0.2) is 0 Å². The first-order chi connectivity index (χ1) is 5.60. The maximum atomic E-state index is 2.49. The van der Waals surface area contributed by atoms with Gasteiger partial charge in [0.05, 0.1) is 0 Å². The Morgan fingerprint density at radius 1 is 1.42 bits per heavy atom. The maximum Gasteiger partial charge on any atom is 0.135 e. The van der Waals surface area contributed by atoms with Crippen molar-refractivity contribution in [1.29, 1.82) is 0 Å². The van der Waals surface area contributed by atoms with Crippen LogP contribution in [0, 0.1) is 5.92 Å². The fourth-order valence-corrected chi connectivity index (χ4v) is 3.90. The first kappa shape index (κ1) is 8.65. The van der Waals surface area contributed by atoms with Crippen LogP contribution in [0.5, 0.6) is 0 Å². The Morgan fingerprint density at radius 2 is 2.08 bits per heavy atom. The highest BCUT2D eigenvalue weighted by atomic mass is 14.5. The molecule has 0 N–H and O–H groups in total. The van der Waals surface area contributed by atoms with Gasteiger partial charge in [0, 0.05) is 0 Å². The highest BCUT2D eigenvalue weighted by Gasteiger charge is 2.56. The van der Waals surface area contributed by atoms with E-state index in [1.165, 1.54) is 39.4 Å². The van der Waals surface area contributed by atoms with Crippen molar-refractivity contribution < 1.29 is 0 Å². The minimum Gasteiger partial charge on any atom is -0.0666 e. The molecule has 2 aliphatic heterocycles. The average Bonchev–Trinajstić information content (AvgIpc) is 2.01. The topological polar surface area (TPSA) is 0 Å². The van der Waals surface area contributed by atoms with Crippen LogP contribution in [0.25, 0.3) is 0 Å². The molecular formula is C11H21B. The average molecular weight is 164 g/mol. The zero-order valence-electron chi connectivity index (χ0n) is 8.82. The van der Waals surface area contributed by atoms with E-state index in [1.54, 1.807) is 0 Å². The molecule has 1 heteroatoms. The lowest BCUT2D eigenvalue weighted by atomic mass is 9.19. The Hall–Kier alpha value is 0.0649. The number of hydrogen-bond acceptors (Lipinski definition) is 0. The number of hydrogen-bond donors (Lipinski definition) is 0. The van der Waals surface area contributed by atoms with Crippen molar-refractivity contribution in [3.63, 3.8) is 0 Å². The molecule has 1 saturated carbocycles. The zero-order valence-corrected chi connectivity index (χ0v) is 8.82. The Morgan fingerprint density at radius 3 is 2.58 bits per heavy atom. The van der Waals surface area contributed by atoms with E-state index in [2.05, 4.69) is 20.8 Å². The molecule has 2 heterocycles. The summed E-state index contributed by atoms with van der Waals surface area (Å²) in [6.07, 6.45) is 7.45. The number of fused-ring (bicyclic) bond motifs is 2. The van der Waals surface area contributed by atoms with E-state index in [9.17, 15) is 0 Å². The Bertz CT molecular complexity index is 179. The van der Waals surface area contributed by atoms with Gasteiger partial charge in [-0.3, -0.25) is 0 Å².